The van der Waals surface area contributed by atoms with Crippen molar-refractivity contribution in [3.63, 3.8) is 0 Å². The molecule has 0 spiro atoms. The molecule has 0 saturated heterocycles. The maximum atomic E-state index is 12.5. The maximum Gasteiger partial charge on any atom is 0.276 e. The van der Waals surface area contributed by atoms with Crippen molar-refractivity contribution in [2.75, 3.05) is 11.5 Å². The van der Waals surface area contributed by atoms with Gasteiger partial charge in [0, 0.05) is 17.9 Å². The van der Waals surface area contributed by atoms with Crippen molar-refractivity contribution in [3.8, 4) is 0 Å². The second-order valence-electron chi connectivity index (χ2n) is 5.24. The van der Waals surface area contributed by atoms with E-state index < -0.39 is 20.8 Å². The molecule has 2 aromatic rings. The van der Waals surface area contributed by atoms with Crippen molar-refractivity contribution < 1.29 is 13.3 Å². The molecule has 0 fully saturated rings. The highest BCUT2D eigenvalue weighted by Crippen LogP contribution is 2.31. The fourth-order valence-corrected chi connectivity index (χ4v) is 5.13. The molecule has 0 N–H and O–H groups in total. The molecule has 0 bridgehead atoms. The molecule has 1 atom stereocenters. The molecule has 3 rings (SSSR count). The summed E-state index contributed by atoms with van der Waals surface area (Å²) in [5.41, 5.74) is -0.328. The van der Waals surface area contributed by atoms with Crippen LogP contribution in [0.3, 0.4) is 0 Å². The summed E-state index contributed by atoms with van der Waals surface area (Å²) in [5.74, 6) is 0.120. The largest absolute Gasteiger partial charge is 0.280 e. The van der Waals surface area contributed by atoms with E-state index in [2.05, 4.69) is 10.2 Å². The molecular formula is C13H12N4O5S2. The van der Waals surface area contributed by atoms with Gasteiger partial charge >= 0.3 is 0 Å². The lowest BCUT2D eigenvalue weighted by atomic mass is 10.3. The third kappa shape index (κ3) is 2.91. The number of thioether (sulfide) groups is 1. The Morgan fingerprint density at radius 1 is 1.33 bits per heavy atom. The first kappa shape index (κ1) is 16.6. The van der Waals surface area contributed by atoms with Crippen molar-refractivity contribution in [1.82, 2.24) is 14.8 Å². The first-order valence-electron chi connectivity index (χ1n) is 6.85. The Morgan fingerprint density at radius 3 is 2.62 bits per heavy atom. The zero-order chi connectivity index (χ0) is 17.5. The van der Waals surface area contributed by atoms with Gasteiger partial charge in [0.2, 0.25) is 0 Å². The van der Waals surface area contributed by atoms with E-state index in [-0.39, 0.29) is 27.6 Å². The highest BCUT2D eigenvalue weighted by molar-refractivity contribution is 7.99. The van der Waals surface area contributed by atoms with Crippen LogP contribution in [-0.4, -0.2) is 39.6 Å². The topological polar surface area (TPSA) is 125 Å². The van der Waals surface area contributed by atoms with E-state index in [1.54, 1.807) is 0 Å². The van der Waals surface area contributed by atoms with Crippen molar-refractivity contribution in [2.45, 2.75) is 23.0 Å². The summed E-state index contributed by atoms with van der Waals surface area (Å²) >= 11 is 1.28. The number of hydrogen-bond acceptors (Lipinski definition) is 8. The van der Waals surface area contributed by atoms with Crippen molar-refractivity contribution >= 4 is 27.3 Å². The van der Waals surface area contributed by atoms with Gasteiger partial charge in [-0.15, -0.1) is 10.2 Å². The van der Waals surface area contributed by atoms with Gasteiger partial charge in [-0.1, -0.05) is 11.8 Å². The highest BCUT2D eigenvalue weighted by Gasteiger charge is 2.31. The Hall–Kier alpha value is -2.27. The van der Waals surface area contributed by atoms with Crippen LogP contribution in [0, 0.1) is 17.0 Å². The number of nitro groups is 1. The Labute approximate surface area is 140 Å². The SMILES string of the molecule is Cc1nnc2n(c1=O)C(CS(=O)(=O)c1ccc([N+](=O)[O-])cc1)CS2. The predicted molar refractivity (Wildman–Crippen MR) is 85.9 cm³/mol. The zero-order valence-corrected chi connectivity index (χ0v) is 14.1. The molecule has 1 aromatic heterocycles. The van der Waals surface area contributed by atoms with Gasteiger partial charge in [-0.25, -0.2) is 8.42 Å². The van der Waals surface area contributed by atoms with Gasteiger partial charge in [-0.3, -0.25) is 19.5 Å². The van der Waals surface area contributed by atoms with E-state index >= 15 is 0 Å². The normalized spacial score (nSPS) is 16.8. The van der Waals surface area contributed by atoms with Crippen LogP contribution in [0.5, 0.6) is 0 Å². The minimum absolute atomic E-state index is 0.0154. The number of benzene rings is 1. The number of sulfone groups is 1. The monoisotopic (exact) mass is 368 g/mol. The van der Waals surface area contributed by atoms with Gasteiger partial charge in [0.15, 0.2) is 15.0 Å². The van der Waals surface area contributed by atoms with E-state index in [9.17, 15) is 23.3 Å². The zero-order valence-electron chi connectivity index (χ0n) is 12.4. The Bertz CT molecular complexity index is 969. The van der Waals surface area contributed by atoms with Crippen LogP contribution in [0.4, 0.5) is 5.69 Å². The van der Waals surface area contributed by atoms with E-state index in [0.29, 0.717) is 10.9 Å². The molecule has 0 radical (unpaired) electrons. The van der Waals surface area contributed by atoms with Gasteiger partial charge in [0.1, 0.15) is 5.69 Å². The van der Waals surface area contributed by atoms with Crippen LogP contribution < -0.4 is 5.56 Å². The molecule has 11 heteroatoms. The average molecular weight is 368 g/mol. The smallest absolute Gasteiger partial charge is 0.276 e. The molecule has 1 aliphatic rings. The molecule has 0 aliphatic carbocycles. The summed E-state index contributed by atoms with van der Waals surface area (Å²) in [6, 6.07) is 4.15. The lowest BCUT2D eigenvalue weighted by Gasteiger charge is -2.13. The average Bonchev–Trinajstić information content (AvgIpc) is 2.94. The van der Waals surface area contributed by atoms with Gasteiger partial charge < -0.3 is 0 Å². The second-order valence-corrected chi connectivity index (χ2v) is 8.26. The standard InChI is InChI=1S/C13H12N4O5S2/c1-8-12(18)16-10(6-23-13(16)15-14-8)7-24(21,22)11-4-2-9(3-5-11)17(19)20/h2-5,10H,6-7H2,1H3. The number of nitro benzene ring substituents is 1. The molecule has 9 nitrogen and oxygen atoms in total. The number of aromatic nitrogens is 3. The molecule has 0 saturated carbocycles. The molecule has 0 amide bonds. The molecule has 2 heterocycles. The van der Waals surface area contributed by atoms with Gasteiger partial charge in [0.05, 0.1) is 21.6 Å². The van der Waals surface area contributed by atoms with Gasteiger partial charge in [-0.2, -0.15) is 0 Å². The molecule has 1 aromatic carbocycles. The number of aryl methyl sites for hydroxylation is 1. The molecular weight excluding hydrogens is 356 g/mol. The number of non-ortho nitro benzene ring substituents is 1. The Balaban J connectivity index is 1.91. The number of hydrogen-bond donors (Lipinski definition) is 0. The van der Waals surface area contributed by atoms with E-state index in [1.165, 1.54) is 35.4 Å². The third-order valence-corrected chi connectivity index (χ3v) is 6.51. The van der Waals surface area contributed by atoms with Crippen LogP contribution in [-0.2, 0) is 9.84 Å². The maximum absolute atomic E-state index is 12.5. The lowest BCUT2D eigenvalue weighted by Crippen LogP contribution is -2.31. The molecule has 24 heavy (non-hydrogen) atoms. The fourth-order valence-electron chi connectivity index (χ4n) is 2.38. The van der Waals surface area contributed by atoms with Gasteiger partial charge in [-0.05, 0) is 19.1 Å². The van der Waals surface area contributed by atoms with Crippen molar-refractivity contribution in [3.05, 3.63) is 50.4 Å². The summed E-state index contributed by atoms with van der Waals surface area (Å²) in [5, 5.41) is 18.7. The minimum Gasteiger partial charge on any atom is -0.280 e. The molecule has 1 unspecified atom stereocenters. The number of nitrogens with zero attached hydrogens (tertiary/aromatic N) is 4. The van der Waals surface area contributed by atoms with Crippen LogP contribution in [0.25, 0.3) is 0 Å². The quantitative estimate of drug-likeness (QED) is 0.577. The van der Waals surface area contributed by atoms with Crippen LogP contribution in [0.2, 0.25) is 0 Å². The Morgan fingerprint density at radius 2 is 2.00 bits per heavy atom. The van der Waals surface area contributed by atoms with E-state index in [1.807, 2.05) is 0 Å². The number of rotatable bonds is 4. The van der Waals surface area contributed by atoms with Crippen LogP contribution in [0.15, 0.2) is 39.1 Å². The number of fused-ring (bicyclic) bond motifs is 1. The van der Waals surface area contributed by atoms with E-state index in [4.69, 9.17) is 0 Å². The predicted octanol–water partition coefficient (Wildman–Crippen LogP) is 0.976. The first-order chi connectivity index (χ1) is 11.3. The third-order valence-electron chi connectivity index (χ3n) is 3.61. The molecule has 126 valence electrons. The summed E-state index contributed by atoms with van der Waals surface area (Å²) in [6.07, 6.45) is 0. The molecule has 1 aliphatic heterocycles. The summed E-state index contributed by atoms with van der Waals surface area (Å²) in [7, 11) is -3.70. The van der Waals surface area contributed by atoms with E-state index in [0.717, 1.165) is 12.1 Å². The second kappa shape index (κ2) is 5.98. The lowest BCUT2D eigenvalue weighted by molar-refractivity contribution is -0.384. The fraction of sp³-hybridized carbons (Fsp3) is 0.308. The van der Waals surface area contributed by atoms with Crippen molar-refractivity contribution in [2.24, 2.45) is 0 Å². The first-order valence-corrected chi connectivity index (χ1v) is 9.49. The summed E-state index contributed by atoms with van der Waals surface area (Å²) in [4.78, 5) is 22.2. The van der Waals surface area contributed by atoms with Gasteiger partial charge in [0.25, 0.3) is 11.2 Å². The summed E-state index contributed by atoms with van der Waals surface area (Å²) < 4.78 is 26.4. The Kier molecular flexibility index (Phi) is 4.13. The summed E-state index contributed by atoms with van der Waals surface area (Å²) in [6.45, 7) is 1.52. The highest BCUT2D eigenvalue weighted by atomic mass is 32.2. The van der Waals surface area contributed by atoms with Crippen molar-refractivity contribution in [1.29, 1.82) is 0 Å². The van der Waals surface area contributed by atoms with Crippen LogP contribution in [0.1, 0.15) is 11.7 Å². The minimum atomic E-state index is -3.70. The van der Waals surface area contributed by atoms with Crippen LogP contribution >= 0.6 is 11.8 Å².